The Bertz CT molecular complexity index is 972. The van der Waals surface area contributed by atoms with Crippen LogP contribution in [0.15, 0.2) is 42.6 Å². The minimum Gasteiger partial charge on any atom is -0.467 e. The summed E-state index contributed by atoms with van der Waals surface area (Å²) >= 11 is 0. The molecule has 2 atom stereocenters. The number of fused-ring (bicyclic) bond motifs is 5. The van der Waals surface area contributed by atoms with Crippen LogP contribution in [0.2, 0.25) is 0 Å². The van der Waals surface area contributed by atoms with Crippen LogP contribution < -0.4 is 16.4 Å². The molecule has 1 aliphatic heterocycles. The Morgan fingerprint density at radius 1 is 1.19 bits per heavy atom. The van der Waals surface area contributed by atoms with Gasteiger partial charge in [-0.25, -0.2) is 4.79 Å². The lowest BCUT2D eigenvalue weighted by molar-refractivity contribution is -0.145. The van der Waals surface area contributed by atoms with Gasteiger partial charge in [-0.05, 0) is 43.9 Å². The van der Waals surface area contributed by atoms with Crippen molar-refractivity contribution in [2.24, 2.45) is 5.73 Å². The first-order valence-electron chi connectivity index (χ1n) is 10.6. The van der Waals surface area contributed by atoms with Crippen LogP contribution in [0.5, 0.6) is 0 Å². The molecule has 0 aliphatic carbocycles. The van der Waals surface area contributed by atoms with Crippen LogP contribution in [-0.2, 0) is 32.1 Å². The Morgan fingerprint density at radius 2 is 1.97 bits per heavy atom. The topological polar surface area (TPSA) is 115 Å². The van der Waals surface area contributed by atoms with E-state index in [1.165, 1.54) is 7.11 Å². The van der Waals surface area contributed by atoms with Crippen molar-refractivity contribution in [2.75, 3.05) is 13.7 Å². The second-order valence-corrected chi connectivity index (χ2v) is 7.70. The third-order valence-electron chi connectivity index (χ3n) is 5.46. The minimum absolute atomic E-state index is 0. The molecule has 0 unspecified atom stereocenters. The Labute approximate surface area is 194 Å². The highest BCUT2D eigenvalue weighted by molar-refractivity contribution is 5.93. The maximum absolute atomic E-state index is 12.9. The van der Waals surface area contributed by atoms with Crippen LogP contribution in [0.4, 0.5) is 0 Å². The second kappa shape index (κ2) is 12.3. The number of unbranched alkanes of at least 4 members (excludes halogenated alkanes) is 1. The van der Waals surface area contributed by atoms with Gasteiger partial charge >= 0.3 is 5.97 Å². The van der Waals surface area contributed by atoms with Gasteiger partial charge in [-0.2, -0.15) is 0 Å². The SMILES string of the molecule is COC(=O)[C@H]1CC=CCn2cc(c3ccccc32)CC(=O)N[C@@H](CCCCN)C(=O)N1.Cl. The molecule has 32 heavy (non-hydrogen) atoms. The van der Waals surface area contributed by atoms with Crippen LogP contribution in [0, 0.1) is 0 Å². The summed E-state index contributed by atoms with van der Waals surface area (Å²) in [6.07, 6.45) is 8.13. The molecule has 0 saturated carbocycles. The van der Waals surface area contributed by atoms with Gasteiger partial charge in [0.15, 0.2) is 0 Å². The number of methoxy groups -OCH3 is 1. The first-order valence-corrected chi connectivity index (χ1v) is 10.6. The number of hydrogen-bond donors (Lipinski definition) is 3. The van der Waals surface area contributed by atoms with Gasteiger partial charge in [-0.15, -0.1) is 12.4 Å². The average molecular weight is 463 g/mol. The van der Waals surface area contributed by atoms with E-state index in [0.717, 1.165) is 22.9 Å². The number of ether oxygens (including phenoxy) is 1. The molecule has 8 nitrogen and oxygen atoms in total. The highest BCUT2D eigenvalue weighted by Crippen LogP contribution is 2.22. The van der Waals surface area contributed by atoms with Gasteiger partial charge in [0.1, 0.15) is 12.1 Å². The number of allylic oxidation sites excluding steroid dienone is 1. The molecule has 1 aromatic heterocycles. The summed E-state index contributed by atoms with van der Waals surface area (Å²) in [7, 11) is 1.29. The maximum atomic E-state index is 12.9. The molecule has 2 aromatic rings. The number of nitrogens with two attached hydrogens (primary N) is 1. The molecule has 2 bridgehead atoms. The van der Waals surface area contributed by atoms with Crippen LogP contribution >= 0.6 is 12.4 Å². The van der Waals surface area contributed by atoms with E-state index in [9.17, 15) is 14.4 Å². The van der Waals surface area contributed by atoms with Crippen molar-refractivity contribution in [3.8, 4) is 0 Å². The quantitative estimate of drug-likeness (QED) is 0.356. The van der Waals surface area contributed by atoms with Gasteiger partial charge in [0, 0.05) is 23.6 Å². The van der Waals surface area contributed by atoms with E-state index in [2.05, 4.69) is 15.2 Å². The molecule has 4 N–H and O–H groups in total. The highest BCUT2D eigenvalue weighted by atomic mass is 35.5. The summed E-state index contributed by atoms with van der Waals surface area (Å²) in [5.74, 6) is -1.16. The lowest BCUT2D eigenvalue weighted by atomic mass is 10.1. The van der Waals surface area contributed by atoms with E-state index in [1.807, 2.05) is 42.6 Å². The van der Waals surface area contributed by atoms with Crippen LogP contribution in [-0.4, -0.2) is 48.1 Å². The van der Waals surface area contributed by atoms with E-state index >= 15 is 0 Å². The molecule has 0 radical (unpaired) electrons. The zero-order valence-electron chi connectivity index (χ0n) is 18.2. The first kappa shape index (κ1) is 25.4. The number of nitrogens with one attached hydrogen (secondary N) is 2. The van der Waals surface area contributed by atoms with Crippen molar-refractivity contribution in [3.63, 3.8) is 0 Å². The van der Waals surface area contributed by atoms with Crippen molar-refractivity contribution in [1.29, 1.82) is 0 Å². The standard InChI is InChI=1S/C23H30N4O4.ClH/c1-31-23(30)19-10-5-7-13-27-15-16(17-8-2-3-11-20(17)27)14-21(28)25-18(22(29)26-19)9-4-6-12-24;/h2-3,5,7-8,11,15,18-19H,4,6,9-10,12-14,24H2,1H3,(H,25,28)(H,26,29);1H/t18-,19+;/m0./s1. The van der Waals surface area contributed by atoms with Gasteiger partial charge in [0.05, 0.1) is 13.5 Å². The summed E-state index contributed by atoms with van der Waals surface area (Å²) in [4.78, 5) is 37.9. The third-order valence-corrected chi connectivity index (χ3v) is 5.46. The zero-order chi connectivity index (χ0) is 22.2. The fourth-order valence-electron chi connectivity index (χ4n) is 3.84. The summed E-state index contributed by atoms with van der Waals surface area (Å²) in [5.41, 5.74) is 7.51. The minimum atomic E-state index is -0.817. The summed E-state index contributed by atoms with van der Waals surface area (Å²) in [6.45, 7) is 1.10. The van der Waals surface area contributed by atoms with Gasteiger partial charge in [-0.1, -0.05) is 30.4 Å². The molecule has 3 rings (SSSR count). The molecule has 0 spiro atoms. The molecule has 1 aromatic carbocycles. The number of aromatic nitrogens is 1. The van der Waals surface area contributed by atoms with Crippen LogP contribution in [0.25, 0.3) is 10.9 Å². The number of rotatable bonds is 5. The van der Waals surface area contributed by atoms with E-state index in [1.54, 1.807) is 0 Å². The lowest BCUT2D eigenvalue weighted by Gasteiger charge is -2.22. The molecule has 2 heterocycles. The number of carbonyl (C=O) groups is 3. The Kier molecular flexibility index (Phi) is 9.74. The van der Waals surface area contributed by atoms with Crippen LogP contribution in [0.3, 0.4) is 0 Å². The monoisotopic (exact) mass is 462 g/mol. The van der Waals surface area contributed by atoms with Gasteiger partial charge < -0.3 is 25.7 Å². The number of halogens is 1. The summed E-state index contributed by atoms with van der Waals surface area (Å²) in [6, 6.07) is 6.36. The number of para-hydroxylation sites is 1. The fraction of sp³-hybridized carbons (Fsp3) is 0.435. The summed E-state index contributed by atoms with van der Waals surface area (Å²) in [5, 5.41) is 6.60. The van der Waals surface area contributed by atoms with E-state index < -0.39 is 24.0 Å². The number of benzene rings is 1. The molecule has 0 saturated heterocycles. The van der Waals surface area contributed by atoms with E-state index in [-0.39, 0.29) is 24.7 Å². The summed E-state index contributed by atoms with van der Waals surface area (Å²) < 4.78 is 6.92. The number of nitrogens with zero attached hydrogens (tertiary/aromatic N) is 1. The van der Waals surface area contributed by atoms with Crippen molar-refractivity contribution >= 4 is 41.1 Å². The second-order valence-electron chi connectivity index (χ2n) is 7.70. The van der Waals surface area contributed by atoms with Crippen molar-refractivity contribution in [3.05, 3.63) is 48.2 Å². The third kappa shape index (κ3) is 6.34. The first-order chi connectivity index (χ1) is 15.0. The number of carbonyl (C=O) groups excluding carboxylic acids is 3. The molecule has 0 fully saturated rings. The highest BCUT2D eigenvalue weighted by Gasteiger charge is 2.27. The molecule has 9 heteroatoms. The molecular formula is C23H31ClN4O4. The Hall–Kier alpha value is -2.84. The van der Waals surface area contributed by atoms with Gasteiger partial charge in [0.25, 0.3) is 0 Å². The molecular weight excluding hydrogens is 432 g/mol. The van der Waals surface area contributed by atoms with Gasteiger partial charge in [-0.3, -0.25) is 9.59 Å². The average Bonchev–Trinajstić information content (AvgIpc) is 3.11. The zero-order valence-corrected chi connectivity index (χ0v) is 19.0. The molecule has 174 valence electrons. The molecule has 2 amide bonds. The van der Waals surface area contributed by atoms with E-state index in [0.29, 0.717) is 32.4 Å². The van der Waals surface area contributed by atoms with Crippen molar-refractivity contribution in [1.82, 2.24) is 15.2 Å². The smallest absolute Gasteiger partial charge is 0.328 e. The maximum Gasteiger partial charge on any atom is 0.328 e. The normalized spacial score (nSPS) is 19.4. The predicted octanol–water partition coefficient (Wildman–Crippen LogP) is 1.84. The Balaban J connectivity index is 0.00000363. The predicted molar refractivity (Wildman–Crippen MR) is 125 cm³/mol. The number of hydrogen-bond acceptors (Lipinski definition) is 5. The lowest BCUT2D eigenvalue weighted by Crippen LogP contribution is -2.52. The van der Waals surface area contributed by atoms with Gasteiger partial charge in [0.2, 0.25) is 11.8 Å². The van der Waals surface area contributed by atoms with Crippen molar-refractivity contribution < 1.29 is 19.1 Å². The number of amides is 2. The molecule has 1 aliphatic rings. The van der Waals surface area contributed by atoms with Crippen LogP contribution in [0.1, 0.15) is 31.2 Å². The largest absolute Gasteiger partial charge is 0.467 e. The fourth-order valence-corrected chi connectivity index (χ4v) is 3.84. The number of esters is 1. The van der Waals surface area contributed by atoms with E-state index in [4.69, 9.17) is 10.5 Å². The Morgan fingerprint density at radius 3 is 2.72 bits per heavy atom. The van der Waals surface area contributed by atoms with Crippen molar-refractivity contribution in [2.45, 2.75) is 50.7 Å².